The number of carbonyl (C=O) groups excluding carboxylic acids is 1. The third-order valence-electron chi connectivity index (χ3n) is 2.29. The maximum absolute atomic E-state index is 11.0. The van der Waals surface area contributed by atoms with Gasteiger partial charge in [-0.15, -0.1) is 0 Å². The van der Waals surface area contributed by atoms with Gasteiger partial charge in [0.05, 0.1) is 17.7 Å². The Bertz CT molecular complexity index is 410. The van der Waals surface area contributed by atoms with Crippen molar-refractivity contribution < 1.29 is 19.4 Å². The molecule has 1 aromatic rings. The van der Waals surface area contributed by atoms with Gasteiger partial charge in [-0.3, -0.25) is 4.79 Å². The first-order valence-corrected chi connectivity index (χ1v) is 5.12. The van der Waals surface area contributed by atoms with Gasteiger partial charge in [0.1, 0.15) is 5.75 Å². The number of ether oxygens (including phenoxy) is 1. The molecule has 0 fully saturated rings. The summed E-state index contributed by atoms with van der Waals surface area (Å²) < 4.78 is 5.35. The minimum Gasteiger partial charge on any atom is -0.493 e. The van der Waals surface area contributed by atoms with Gasteiger partial charge in [0, 0.05) is 5.56 Å². The van der Waals surface area contributed by atoms with Gasteiger partial charge in [-0.05, 0) is 25.5 Å². The highest BCUT2D eigenvalue weighted by molar-refractivity contribution is 5.93. The lowest BCUT2D eigenvalue weighted by atomic mass is 10.0. The summed E-state index contributed by atoms with van der Waals surface area (Å²) in [5.74, 6) is -0.616. The summed E-state index contributed by atoms with van der Waals surface area (Å²) in [6.07, 6.45) is 1.19. The molecule has 0 heterocycles. The fraction of sp³-hybridized carbons (Fsp3) is 0.333. The van der Waals surface area contributed by atoms with Crippen LogP contribution in [0.15, 0.2) is 12.1 Å². The molecule has 86 valence electrons. The third kappa shape index (κ3) is 2.21. The zero-order chi connectivity index (χ0) is 12.1. The molecule has 16 heavy (non-hydrogen) atoms. The summed E-state index contributed by atoms with van der Waals surface area (Å²) >= 11 is 0. The Morgan fingerprint density at radius 1 is 1.44 bits per heavy atom. The van der Waals surface area contributed by atoms with Crippen molar-refractivity contribution in [2.45, 2.75) is 20.3 Å². The Labute approximate surface area is 93.9 Å². The van der Waals surface area contributed by atoms with Crippen LogP contribution in [-0.4, -0.2) is 24.0 Å². The normalized spacial score (nSPS) is 9.88. The summed E-state index contributed by atoms with van der Waals surface area (Å²) in [7, 11) is 0. The van der Waals surface area contributed by atoms with E-state index in [4.69, 9.17) is 9.84 Å². The van der Waals surface area contributed by atoms with Crippen molar-refractivity contribution >= 4 is 12.3 Å². The van der Waals surface area contributed by atoms with E-state index in [1.807, 2.05) is 6.92 Å². The first-order chi connectivity index (χ1) is 7.65. The topological polar surface area (TPSA) is 63.6 Å². The number of carboxylic acids is 1. The molecule has 1 aromatic carbocycles. The van der Waals surface area contributed by atoms with Gasteiger partial charge in [0.2, 0.25) is 0 Å². The standard InChI is InChI=1S/C12H14O4/c1-3-9-10(12(14)15)6-5-8(7-13)11(9)16-4-2/h5-7H,3-4H2,1-2H3,(H,14,15). The molecule has 0 aromatic heterocycles. The van der Waals surface area contributed by atoms with E-state index in [1.54, 1.807) is 6.92 Å². The van der Waals surface area contributed by atoms with Gasteiger partial charge in [-0.2, -0.15) is 0 Å². The highest BCUT2D eigenvalue weighted by atomic mass is 16.5. The minimum atomic E-state index is -1.00. The van der Waals surface area contributed by atoms with E-state index < -0.39 is 5.97 Å². The molecule has 4 heteroatoms. The SMILES string of the molecule is CCOc1c(C=O)ccc(C(=O)O)c1CC. The molecule has 0 saturated heterocycles. The van der Waals surface area contributed by atoms with Gasteiger partial charge >= 0.3 is 5.97 Å². The smallest absolute Gasteiger partial charge is 0.336 e. The van der Waals surface area contributed by atoms with Gasteiger partial charge in [0.15, 0.2) is 6.29 Å². The molecule has 1 N–H and O–H groups in total. The van der Waals surface area contributed by atoms with Crippen molar-refractivity contribution in [3.05, 3.63) is 28.8 Å². The van der Waals surface area contributed by atoms with Crippen molar-refractivity contribution in [1.29, 1.82) is 0 Å². The number of aldehydes is 1. The number of carbonyl (C=O) groups is 2. The molecule has 0 aliphatic rings. The number of benzene rings is 1. The van der Waals surface area contributed by atoms with Crippen molar-refractivity contribution in [3.63, 3.8) is 0 Å². The fourth-order valence-electron chi connectivity index (χ4n) is 1.60. The zero-order valence-corrected chi connectivity index (χ0v) is 9.32. The second-order valence-electron chi connectivity index (χ2n) is 3.22. The van der Waals surface area contributed by atoms with Crippen LogP contribution in [0.2, 0.25) is 0 Å². The summed E-state index contributed by atoms with van der Waals surface area (Å²) in [4.78, 5) is 21.8. The Balaban J connectivity index is 3.42. The Hall–Kier alpha value is -1.84. The molecule has 0 bridgehead atoms. The number of rotatable bonds is 5. The molecule has 0 aliphatic heterocycles. The van der Waals surface area contributed by atoms with Crippen molar-refractivity contribution in [3.8, 4) is 5.75 Å². The molecular formula is C12H14O4. The first-order valence-electron chi connectivity index (χ1n) is 5.12. The predicted octanol–water partition coefficient (Wildman–Crippen LogP) is 2.16. The summed E-state index contributed by atoms with van der Waals surface area (Å²) in [5, 5.41) is 9.01. The molecule has 0 aliphatic carbocycles. The lowest BCUT2D eigenvalue weighted by Gasteiger charge is -2.13. The van der Waals surface area contributed by atoms with E-state index in [1.165, 1.54) is 12.1 Å². The maximum atomic E-state index is 11.0. The molecule has 1 rings (SSSR count). The number of carboxylic acid groups (broad SMARTS) is 1. The summed E-state index contributed by atoms with van der Waals surface area (Å²) in [5.41, 5.74) is 1.15. The molecule has 0 unspecified atom stereocenters. The molecule has 0 spiro atoms. The fourth-order valence-corrected chi connectivity index (χ4v) is 1.60. The number of aromatic carboxylic acids is 1. The highest BCUT2D eigenvalue weighted by Gasteiger charge is 2.16. The first kappa shape index (κ1) is 12.2. The van der Waals surface area contributed by atoms with E-state index in [-0.39, 0.29) is 5.56 Å². The van der Waals surface area contributed by atoms with Crippen molar-refractivity contribution in [1.82, 2.24) is 0 Å². The van der Waals surface area contributed by atoms with Crippen LogP contribution < -0.4 is 4.74 Å². The van der Waals surface area contributed by atoms with Crippen LogP contribution in [0.5, 0.6) is 5.75 Å². The summed E-state index contributed by atoms with van der Waals surface area (Å²) in [6, 6.07) is 2.91. The molecule has 0 saturated carbocycles. The second kappa shape index (κ2) is 5.30. The van der Waals surface area contributed by atoms with Crippen LogP contribution in [0.3, 0.4) is 0 Å². The molecule has 4 nitrogen and oxygen atoms in total. The van der Waals surface area contributed by atoms with Gasteiger partial charge in [-0.25, -0.2) is 4.79 Å². The molecule has 0 atom stereocenters. The second-order valence-corrected chi connectivity index (χ2v) is 3.22. The lowest BCUT2D eigenvalue weighted by molar-refractivity contribution is 0.0694. The van der Waals surface area contributed by atoms with Gasteiger partial charge < -0.3 is 9.84 Å². The molecule has 0 radical (unpaired) electrons. The Morgan fingerprint density at radius 3 is 2.56 bits per heavy atom. The Morgan fingerprint density at radius 2 is 2.12 bits per heavy atom. The average molecular weight is 222 g/mol. The van der Waals surface area contributed by atoms with Crippen LogP contribution in [0.25, 0.3) is 0 Å². The predicted molar refractivity (Wildman–Crippen MR) is 59.3 cm³/mol. The zero-order valence-electron chi connectivity index (χ0n) is 9.32. The van der Waals surface area contributed by atoms with E-state index in [0.717, 1.165) is 0 Å². The number of hydrogen-bond donors (Lipinski definition) is 1. The highest BCUT2D eigenvalue weighted by Crippen LogP contribution is 2.27. The molecule has 0 amide bonds. The maximum Gasteiger partial charge on any atom is 0.336 e. The van der Waals surface area contributed by atoms with Crippen LogP contribution in [0.1, 0.15) is 40.1 Å². The third-order valence-corrected chi connectivity index (χ3v) is 2.29. The van der Waals surface area contributed by atoms with Crippen molar-refractivity contribution in [2.75, 3.05) is 6.61 Å². The van der Waals surface area contributed by atoms with Gasteiger partial charge in [0.25, 0.3) is 0 Å². The van der Waals surface area contributed by atoms with E-state index >= 15 is 0 Å². The summed E-state index contributed by atoms with van der Waals surface area (Å²) in [6.45, 7) is 4.03. The largest absolute Gasteiger partial charge is 0.493 e. The monoisotopic (exact) mass is 222 g/mol. The van der Waals surface area contributed by atoms with E-state index in [9.17, 15) is 9.59 Å². The Kier molecular flexibility index (Phi) is 4.05. The average Bonchev–Trinajstić information content (AvgIpc) is 2.28. The number of hydrogen-bond acceptors (Lipinski definition) is 3. The van der Waals surface area contributed by atoms with Crippen LogP contribution in [-0.2, 0) is 6.42 Å². The minimum absolute atomic E-state index is 0.191. The van der Waals surface area contributed by atoms with Crippen LogP contribution >= 0.6 is 0 Å². The quantitative estimate of drug-likeness (QED) is 0.775. The van der Waals surface area contributed by atoms with E-state index in [0.29, 0.717) is 36.2 Å². The van der Waals surface area contributed by atoms with E-state index in [2.05, 4.69) is 0 Å². The lowest BCUT2D eigenvalue weighted by Crippen LogP contribution is -2.07. The van der Waals surface area contributed by atoms with Gasteiger partial charge in [-0.1, -0.05) is 6.92 Å². The van der Waals surface area contributed by atoms with Crippen molar-refractivity contribution in [2.24, 2.45) is 0 Å². The molecular weight excluding hydrogens is 208 g/mol. The van der Waals surface area contributed by atoms with Crippen LogP contribution in [0.4, 0.5) is 0 Å². The van der Waals surface area contributed by atoms with Crippen LogP contribution in [0, 0.1) is 0 Å².